The molecule has 2 heterocycles. The molecule has 2 N–H and O–H groups in total. The summed E-state index contributed by atoms with van der Waals surface area (Å²) in [6.07, 6.45) is 0.138. The molecule has 6 nitrogen and oxygen atoms in total. The van der Waals surface area contributed by atoms with Gasteiger partial charge in [0, 0.05) is 28.3 Å². The highest BCUT2D eigenvalue weighted by Crippen LogP contribution is 2.51. The summed E-state index contributed by atoms with van der Waals surface area (Å²) in [7, 11) is 3.05. The maximum Gasteiger partial charge on any atom is 0.346 e. The van der Waals surface area contributed by atoms with Crippen molar-refractivity contribution in [1.82, 2.24) is 0 Å². The van der Waals surface area contributed by atoms with Gasteiger partial charge in [-0.15, -0.1) is 11.3 Å². The van der Waals surface area contributed by atoms with Gasteiger partial charge < -0.3 is 19.9 Å². The van der Waals surface area contributed by atoms with E-state index in [-0.39, 0.29) is 17.2 Å². The van der Waals surface area contributed by atoms with Crippen LogP contribution in [0.1, 0.15) is 32.5 Å². The number of ether oxygens (including phenoxy) is 2. The number of hydrogen-bond acceptors (Lipinski definition) is 5. The first-order valence-corrected chi connectivity index (χ1v) is 9.92. The van der Waals surface area contributed by atoms with E-state index < -0.39 is 17.7 Å². The second-order valence-corrected chi connectivity index (χ2v) is 7.80. The van der Waals surface area contributed by atoms with E-state index in [9.17, 15) is 19.1 Å². The van der Waals surface area contributed by atoms with E-state index in [1.165, 1.54) is 38.5 Å². The Morgan fingerprint density at radius 1 is 1.17 bits per heavy atom. The van der Waals surface area contributed by atoms with Gasteiger partial charge >= 0.3 is 5.97 Å². The number of methoxy groups -OCH3 is 2. The lowest BCUT2D eigenvalue weighted by Gasteiger charge is -2.25. The first-order chi connectivity index (χ1) is 14.4. The van der Waals surface area contributed by atoms with Crippen LogP contribution in [-0.2, 0) is 4.79 Å². The van der Waals surface area contributed by atoms with Crippen molar-refractivity contribution >= 4 is 28.9 Å². The molecule has 0 spiro atoms. The Morgan fingerprint density at radius 3 is 2.53 bits per heavy atom. The number of fused-ring (bicyclic) bond motifs is 1. The average Bonchev–Trinajstić information content (AvgIpc) is 3.12. The van der Waals surface area contributed by atoms with Crippen LogP contribution in [0.2, 0.25) is 0 Å². The van der Waals surface area contributed by atoms with Crippen LogP contribution in [0.15, 0.2) is 42.5 Å². The standard InChI is InChI=1S/C22H18FNO5S/c1-28-15-5-3-4-13(19(15)29-2)14-10-16(25)24-18-17(11-6-8-12(23)9-7-11)21(22(26)27)30-20(14)18/h3-9,14H,10H2,1-2H3,(H,24,25)(H,26,27). The number of carboxylic acid groups (broad SMARTS) is 1. The molecule has 30 heavy (non-hydrogen) atoms. The zero-order valence-electron chi connectivity index (χ0n) is 16.2. The number of thiophene rings is 1. The van der Waals surface area contributed by atoms with Crippen LogP contribution in [0.25, 0.3) is 11.1 Å². The van der Waals surface area contributed by atoms with E-state index in [2.05, 4.69) is 5.32 Å². The van der Waals surface area contributed by atoms with Crippen molar-refractivity contribution in [2.24, 2.45) is 0 Å². The number of benzene rings is 2. The normalized spacial score (nSPS) is 15.3. The second-order valence-electron chi connectivity index (χ2n) is 6.75. The molecular formula is C22H18FNO5S. The number of halogens is 1. The predicted octanol–water partition coefficient (Wildman–Crippen LogP) is 4.74. The van der Waals surface area contributed by atoms with Crippen LogP contribution in [0.3, 0.4) is 0 Å². The van der Waals surface area contributed by atoms with Crippen molar-refractivity contribution in [2.75, 3.05) is 19.5 Å². The molecule has 1 atom stereocenters. The van der Waals surface area contributed by atoms with Crippen LogP contribution in [0.5, 0.6) is 11.5 Å². The molecule has 8 heteroatoms. The highest BCUT2D eigenvalue weighted by molar-refractivity contribution is 7.15. The maximum atomic E-state index is 13.4. The molecule has 1 amide bonds. The summed E-state index contributed by atoms with van der Waals surface area (Å²) in [5.41, 5.74) is 2.07. The Hall–Kier alpha value is -3.39. The fourth-order valence-electron chi connectivity index (χ4n) is 3.77. The molecule has 0 aliphatic carbocycles. The molecule has 1 aliphatic heterocycles. The molecule has 0 radical (unpaired) electrons. The zero-order valence-corrected chi connectivity index (χ0v) is 17.0. The van der Waals surface area contributed by atoms with Gasteiger partial charge in [-0.2, -0.15) is 0 Å². The number of amides is 1. The molecule has 2 aromatic carbocycles. The molecule has 0 fully saturated rings. The van der Waals surface area contributed by atoms with Crippen LogP contribution in [0.4, 0.5) is 10.1 Å². The Labute approximate surface area is 175 Å². The summed E-state index contributed by atoms with van der Waals surface area (Å²) >= 11 is 1.10. The van der Waals surface area contributed by atoms with Gasteiger partial charge in [-0.05, 0) is 23.8 Å². The molecule has 154 valence electrons. The fraction of sp³-hybridized carbons (Fsp3) is 0.182. The van der Waals surface area contributed by atoms with Crippen molar-refractivity contribution in [3.63, 3.8) is 0 Å². The molecular weight excluding hydrogens is 409 g/mol. The largest absolute Gasteiger partial charge is 0.493 e. The van der Waals surface area contributed by atoms with Crippen molar-refractivity contribution in [3.8, 4) is 22.6 Å². The van der Waals surface area contributed by atoms with Gasteiger partial charge in [0.1, 0.15) is 10.7 Å². The number of carboxylic acids is 1. The van der Waals surface area contributed by atoms with E-state index in [1.807, 2.05) is 6.07 Å². The first-order valence-electron chi connectivity index (χ1n) is 9.11. The topological polar surface area (TPSA) is 84.9 Å². The van der Waals surface area contributed by atoms with Crippen LogP contribution < -0.4 is 14.8 Å². The average molecular weight is 427 g/mol. The van der Waals surface area contributed by atoms with Gasteiger partial charge in [-0.1, -0.05) is 24.3 Å². The number of para-hydroxylation sites is 1. The van der Waals surface area contributed by atoms with Gasteiger partial charge in [0.05, 0.1) is 19.9 Å². The summed E-state index contributed by atoms with van der Waals surface area (Å²) in [4.78, 5) is 25.4. The Kier molecular flexibility index (Phi) is 5.17. The van der Waals surface area contributed by atoms with E-state index in [0.717, 1.165) is 16.9 Å². The molecule has 0 saturated heterocycles. The number of carbonyl (C=O) groups excluding carboxylic acids is 1. The van der Waals surface area contributed by atoms with Gasteiger partial charge in [0.15, 0.2) is 11.5 Å². The number of anilines is 1. The molecule has 0 saturated carbocycles. The number of nitrogens with one attached hydrogen (secondary N) is 1. The van der Waals surface area contributed by atoms with Crippen molar-refractivity contribution in [2.45, 2.75) is 12.3 Å². The number of carbonyl (C=O) groups is 2. The zero-order chi connectivity index (χ0) is 21.4. The van der Waals surface area contributed by atoms with E-state index >= 15 is 0 Å². The minimum absolute atomic E-state index is 0.0840. The minimum Gasteiger partial charge on any atom is -0.493 e. The smallest absolute Gasteiger partial charge is 0.346 e. The third kappa shape index (κ3) is 3.29. The molecule has 3 aromatic rings. The minimum atomic E-state index is -1.11. The first kappa shape index (κ1) is 19.9. The highest BCUT2D eigenvalue weighted by Gasteiger charge is 2.36. The van der Waals surface area contributed by atoms with Gasteiger partial charge in [0.25, 0.3) is 0 Å². The number of aromatic carboxylic acids is 1. The third-order valence-electron chi connectivity index (χ3n) is 5.04. The van der Waals surface area contributed by atoms with Crippen LogP contribution >= 0.6 is 11.3 Å². The summed E-state index contributed by atoms with van der Waals surface area (Å²) in [5.74, 6) is -1.16. The highest BCUT2D eigenvalue weighted by atomic mass is 32.1. The second kappa shape index (κ2) is 7.79. The quantitative estimate of drug-likeness (QED) is 0.614. The van der Waals surface area contributed by atoms with Gasteiger partial charge in [-0.25, -0.2) is 9.18 Å². The van der Waals surface area contributed by atoms with Gasteiger partial charge in [-0.3, -0.25) is 4.79 Å². The predicted molar refractivity (Wildman–Crippen MR) is 111 cm³/mol. The van der Waals surface area contributed by atoms with Crippen molar-refractivity contribution < 1.29 is 28.6 Å². The number of rotatable bonds is 5. The molecule has 4 rings (SSSR count). The summed E-state index contributed by atoms with van der Waals surface area (Å²) < 4.78 is 24.3. The molecule has 1 aliphatic rings. The monoisotopic (exact) mass is 427 g/mol. The van der Waals surface area contributed by atoms with Crippen LogP contribution in [-0.4, -0.2) is 31.2 Å². The van der Waals surface area contributed by atoms with E-state index in [1.54, 1.807) is 12.1 Å². The number of hydrogen-bond donors (Lipinski definition) is 2. The summed E-state index contributed by atoms with van der Waals surface area (Å²) in [6, 6.07) is 10.9. The van der Waals surface area contributed by atoms with Crippen molar-refractivity contribution in [1.29, 1.82) is 0 Å². The molecule has 1 unspecified atom stereocenters. The lowest BCUT2D eigenvalue weighted by Crippen LogP contribution is -2.22. The molecule has 0 bridgehead atoms. The third-order valence-corrected chi connectivity index (χ3v) is 6.33. The lowest BCUT2D eigenvalue weighted by atomic mass is 9.88. The van der Waals surface area contributed by atoms with Crippen LogP contribution in [0, 0.1) is 5.82 Å². The summed E-state index contributed by atoms with van der Waals surface area (Å²) in [5, 5.41) is 12.6. The Balaban J connectivity index is 1.95. The van der Waals surface area contributed by atoms with E-state index in [0.29, 0.717) is 33.2 Å². The van der Waals surface area contributed by atoms with Crippen molar-refractivity contribution in [3.05, 3.63) is 63.6 Å². The fourth-order valence-corrected chi connectivity index (χ4v) is 5.00. The SMILES string of the molecule is COc1cccc(C2CC(=O)Nc3c2sc(C(=O)O)c3-c2ccc(F)cc2)c1OC. The Bertz CT molecular complexity index is 1140. The Morgan fingerprint density at radius 2 is 1.90 bits per heavy atom. The maximum absolute atomic E-state index is 13.4. The van der Waals surface area contributed by atoms with Gasteiger partial charge in [0.2, 0.25) is 5.91 Å². The van der Waals surface area contributed by atoms with E-state index in [4.69, 9.17) is 9.47 Å². The summed E-state index contributed by atoms with van der Waals surface area (Å²) in [6.45, 7) is 0. The lowest BCUT2D eigenvalue weighted by molar-refractivity contribution is -0.116. The molecule has 1 aromatic heterocycles.